The number of aryl methyl sites for hydroxylation is 1. The highest BCUT2D eigenvalue weighted by atomic mass is 16.5. The number of carbonyl (C=O) groups is 1. The van der Waals surface area contributed by atoms with Crippen LogP contribution in [0.15, 0.2) is 36.7 Å². The number of para-hydroxylation sites is 1. The molecule has 4 rings (SSSR count). The van der Waals surface area contributed by atoms with Gasteiger partial charge in [0.2, 0.25) is 5.91 Å². The normalized spacial score (nSPS) is 20.8. The standard InChI is InChI=1S/C20H25N3O2/c1-2-22-12-9-21-19(22)15-7-10-23(11-8-15)20(24)17-13-16-5-3-4-6-18(16)25-14-17/h3-6,9,12,15,17H,2,7-8,10-11,13-14H2,1H3/t17-/m1/s1. The summed E-state index contributed by atoms with van der Waals surface area (Å²) in [5.41, 5.74) is 1.15. The average molecular weight is 339 g/mol. The number of amides is 1. The van der Waals surface area contributed by atoms with Crippen LogP contribution < -0.4 is 4.74 Å². The Kier molecular flexibility index (Phi) is 4.47. The fourth-order valence-corrected chi connectivity index (χ4v) is 4.05. The summed E-state index contributed by atoms with van der Waals surface area (Å²) in [4.78, 5) is 19.5. The van der Waals surface area contributed by atoms with Gasteiger partial charge in [-0.1, -0.05) is 18.2 Å². The van der Waals surface area contributed by atoms with E-state index in [0.717, 1.165) is 50.2 Å². The van der Waals surface area contributed by atoms with Crippen LogP contribution in [0.1, 0.15) is 37.1 Å². The molecule has 0 aliphatic carbocycles. The van der Waals surface area contributed by atoms with Crippen LogP contribution in [-0.4, -0.2) is 40.1 Å². The summed E-state index contributed by atoms with van der Waals surface area (Å²) >= 11 is 0. The molecular formula is C20H25N3O2. The molecule has 0 saturated carbocycles. The topological polar surface area (TPSA) is 47.4 Å². The molecule has 1 saturated heterocycles. The van der Waals surface area contributed by atoms with E-state index in [1.165, 1.54) is 5.82 Å². The molecule has 1 fully saturated rings. The largest absolute Gasteiger partial charge is 0.492 e. The highest BCUT2D eigenvalue weighted by Gasteiger charge is 2.32. The lowest BCUT2D eigenvalue weighted by atomic mass is 9.92. The molecule has 5 heteroatoms. The van der Waals surface area contributed by atoms with Crippen molar-refractivity contribution in [2.45, 2.75) is 38.6 Å². The third-order valence-electron chi connectivity index (χ3n) is 5.49. The van der Waals surface area contributed by atoms with Crippen LogP contribution in [0.5, 0.6) is 5.75 Å². The summed E-state index contributed by atoms with van der Waals surface area (Å²) in [6.07, 6.45) is 6.70. The van der Waals surface area contributed by atoms with Gasteiger partial charge in [-0.2, -0.15) is 0 Å². The molecule has 0 unspecified atom stereocenters. The highest BCUT2D eigenvalue weighted by Crippen LogP contribution is 2.31. The van der Waals surface area contributed by atoms with Crippen LogP contribution in [0, 0.1) is 5.92 Å². The second-order valence-corrected chi connectivity index (χ2v) is 6.99. The molecule has 25 heavy (non-hydrogen) atoms. The third-order valence-corrected chi connectivity index (χ3v) is 5.49. The van der Waals surface area contributed by atoms with E-state index in [2.05, 4.69) is 22.5 Å². The van der Waals surface area contributed by atoms with Gasteiger partial charge in [-0.3, -0.25) is 4.79 Å². The minimum atomic E-state index is -0.0518. The van der Waals surface area contributed by atoms with E-state index in [1.807, 2.05) is 35.5 Å². The van der Waals surface area contributed by atoms with Crippen molar-refractivity contribution in [2.75, 3.05) is 19.7 Å². The molecule has 2 aromatic rings. The first kappa shape index (κ1) is 16.2. The summed E-state index contributed by atoms with van der Waals surface area (Å²) < 4.78 is 8.01. The number of fused-ring (bicyclic) bond motifs is 1. The molecule has 3 heterocycles. The summed E-state index contributed by atoms with van der Waals surface area (Å²) in [6, 6.07) is 8.03. The molecule has 5 nitrogen and oxygen atoms in total. The van der Waals surface area contributed by atoms with Crippen molar-refractivity contribution in [3.05, 3.63) is 48.0 Å². The first-order valence-electron chi connectivity index (χ1n) is 9.26. The van der Waals surface area contributed by atoms with Crippen LogP contribution in [0.3, 0.4) is 0 Å². The van der Waals surface area contributed by atoms with Crippen molar-refractivity contribution >= 4 is 5.91 Å². The number of imidazole rings is 1. The summed E-state index contributed by atoms with van der Waals surface area (Å²) in [5.74, 6) is 2.75. The fourth-order valence-electron chi connectivity index (χ4n) is 4.05. The van der Waals surface area contributed by atoms with E-state index in [1.54, 1.807) is 0 Å². The molecule has 2 aliphatic rings. The number of piperidine rings is 1. The SMILES string of the molecule is CCn1ccnc1C1CCN(C(=O)[C@H]2COc3ccccc3C2)CC1. The van der Waals surface area contributed by atoms with Gasteiger partial charge < -0.3 is 14.2 Å². The lowest BCUT2D eigenvalue weighted by Crippen LogP contribution is -2.44. The molecule has 1 aromatic heterocycles. The molecule has 1 amide bonds. The maximum absolute atomic E-state index is 12.9. The third kappa shape index (κ3) is 3.15. The monoisotopic (exact) mass is 339 g/mol. The molecule has 0 N–H and O–H groups in total. The number of aromatic nitrogens is 2. The number of likely N-dealkylation sites (tertiary alicyclic amines) is 1. The molecular weight excluding hydrogens is 314 g/mol. The maximum atomic E-state index is 12.9. The molecule has 132 valence electrons. The van der Waals surface area contributed by atoms with Crippen molar-refractivity contribution in [3.8, 4) is 5.75 Å². The lowest BCUT2D eigenvalue weighted by Gasteiger charge is -2.35. The predicted molar refractivity (Wildman–Crippen MR) is 95.6 cm³/mol. The minimum Gasteiger partial charge on any atom is -0.492 e. The van der Waals surface area contributed by atoms with Crippen LogP contribution >= 0.6 is 0 Å². The average Bonchev–Trinajstić information content (AvgIpc) is 3.16. The van der Waals surface area contributed by atoms with Crippen LogP contribution in [0.25, 0.3) is 0 Å². The number of rotatable bonds is 3. The van der Waals surface area contributed by atoms with Crippen LogP contribution in [-0.2, 0) is 17.8 Å². The van der Waals surface area contributed by atoms with Crippen LogP contribution in [0.2, 0.25) is 0 Å². The van der Waals surface area contributed by atoms with E-state index in [0.29, 0.717) is 12.5 Å². The Hall–Kier alpha value is -2.30. The molecule has 1 aromatic carbocycles. The zero-order valence-corrected chi connectivity index (χ0v) is 14.7. The Morgan fingerprint density at radius 2 is 2.08 bits per heavy atom. The molecule has 0 radical (unpaired) electrons. The molecule has 0 spiro atoms. The first-order chi connectivity index (χ1) is 12.3. The second kappa shape index (κ2) is 6.90. The fraction of sp³-hybridized carbons (Fsp3) is 0.500. The van der Waals surface area contributed by atoms with Gasteiger partial charge in [0.15, 0.2) is 0 Å². The Balaban J connectivity index is 1.37. The Morgan fingerprint density at radius 1 is 1.28 bits per heavy atom. The van der Waals surface area contributed by atoms with Gasteiger partial charge in [0.25, 0.3) is 0 Å². The number of benzene rings is 1. The van der Waals surface area contributed by atoms with Crippen molar-refractivity contribution in [1.82, 2.24) is 14.5 Å². The van der Waals surface area contributed by atoms with Crippen molar-refractivity contribution in [3.63, 3.8) is 0 Å². The second-order valence-electron chi connectivity index (χ2n) is 6.99. The van der Waals surface area contributed by atoms with E-state index < -0.39 is 0 Å². The van der Waals surface area contributed by atoms with Gasteiger partial charge in [-0.25, -0.2) is 4.98 Å². The zero-order chi connectivity index (χ0) is 17.2. The van der Waals surface area contributed by atoms with E-state index in [4.69, 9.17) is 4.74 Å². The number of nitrogens with zero attached hydrogens (tertiary/aromatic N) is 3. The molecule has 2 aliphatic heterocycles. The number of hydrogen-bond acceptors (Lipinski definition) is 3. The van der Waals surface area contributed by atoms with Crippen LogP contribution in [0.4, 0.5) is 0 Å². The van der Waals surface area contributed by atoms with Gasteiger partial charge in [-0.15, -0.1) is 0 Å². The number of hydrogen-bond donors (Lipinski definition) is 0. The predicted octanol–water partition coefficient (Wildman–Crippen LogP) is 2.86. The highest BCUT2D eigenvalue weighted by molar-refractivity contribution is 5.80. The Bertz CT molecular complexity index is 747. The molecule has 1 atom stereocenters. The first-order valence-corrected chi connectivity index (χ1v) is 9.26. The smallest absolute Gasteiger partial charge is 0.229 e. The van der Waals surface area contributed by atoms with E-state index >= 15 is 0 Å². The van der Waals surface area contributed by atoms with Gasteiger partial charge in [0, 0.05) is 37.9 Å². The molecule has 0 bridgehead atoms. The number of carbonyl (C=O) groups excluding carboxylic acids is 1. The lowest BCUT2D eigenvalue weighted by molar-refractivity contribution is -0.138. The Morgan fingerprint density at radius 3 is 2.88 bits per heavy atom. The van der Waals surface area contributed by atoms with Gasteiger partial charge in [0.1, 0.15) is 18.2 Å². The number of ether oxygens (including phenoxy) is 1. The maximum Gasteiger partial charge on any atom is 0.229 e. The van der Waals surface area contributed by atoms with Crippen molar-refractivity contribution in [1.29, 1.82) is 0 Å². The Labute approximate surface area is 148 Å². The minimum absolute atomic E-state index is 0.0518. The quantitative estimate of drug-likeness (QED) is 0.864. The van der Waals surface area contributed by atoms with Gasteiger partial charge in [-0.05, 0) is 37.8 Å². The van der Waals surface area contributed by atoms with Crippen molar-refractivity contribution < 1.29 is 9.53 Å². The summed E-state index contributed by atoms with van der Waals surface area (Å²) in [5, 5.41) is 0. The van der Waals surface area contributed by atoms with Gasteiger partial charge in [0.05, 0.1) is 5.92 Å². The van der Waals surface area contributed by atoms with E-state index in [9.17, 15) is 4.79 Å². The summed E-state index contributed by atoms with van der Waals surface area (Å²) in [7, 11) is 0. The van der Waals surface area contributed by atoms with E-state index in [-0.39, 0.29) is 11.8 Å². The zero-order valence-electron chi connectivity index (χ0n) is 14.7. The van der Waals surface area contributed by atoms with Crippen molar-refractivity contribution in [2.24, 2.45) is 5.92 Å². The summed E-state index contributed by atoms with van der Waals surface area (Å²) in [6.45, 7) is 5.23. The van der Waals surface area contributed by atoms with Gasteiger partial charge >= 0.3 is 0 Å².